The summed E-state index contributed by atoms with van der Waals surface area (Å²) in [5.41, 5.74) is 3.29. The van der Waals surface area contributed by atoms with Crippen molar-refractivity contribution in [2.45, 2.75) is 26.2 Å². The monoisotopic (exact) mass is 561 g/mol. The first kappa shape index (κ1) is 27.7. The largest absolute Gasteiger partial charge is 0.492 e. The van der Waals surface area contributed by atoms with Crippen LogP contribution in [0.15, 0.2) is 72.8 Å². The van der Waals surface area contributed by atoms with Crippen molar-refractivity contribution in [1.29, 1.82) is 0 Å². The van der Waals surface area contributed by atoms with Crippen molar-refractivity contribution in [3.8, 4) is 39.1 Å². The molecule has 0 unspecified atom stereocenters. The van der Waals surface area contributed by atoms with E-state index < -0.39 is 0 Å². The Morgan fingerprint density at radius 2 is 1.44 bits per heavy atom. The number of hydrogen-bond donors (Lipinski definition) is 0. The van der Waals surface area contributed by atoms with Crippen LogP contribution in [-0.2, 0) is 6.42 Å². The molecular formula is C32H36ClN3O2S. The van der Waals surface area contributed by atoms with Crippen molar-refractivity contribution in [1.82, 2.24) is 14.8 Å². The van der Waals surface area contributed by atoms with Crippen molar-refractivity contribution in [3.05, 3.63) is 82.7 Å². The highest BCUT2D eigenvalue weighted by atomic mass is 35.5. The van der Waals surface area contributed by atoms with E-state index in [1.807, 2.05) is 36.4 Å². The van der Waals surface area contributed by atoms with Gasteiger partial charge in [0.05, 0.1) is 5.69 Å². The summed E-state index contributed by atoms with van der Waals surface area (Å²) in [4.78, 5) is 11.3. The van der Waals surface area contributed by atoms with E-state index in [0.29, 0.717) is 11.6 Å². The maximum absolute atomic E-state index is 6.05. The first-order valence-electron chi connectivity index (χ1n) is 13.7. The molecule has 1 aliphatic heterocycles. The number of ether oxygens (including phenoxy) is 2. The molecule has 204 valence electrons. The fourth-order valence-electron chi connectivity index (χ4n) is 4.58. The van der Waals surface area contributed by atoms with E-state index >= 15 is 0 Å². The number of nitrogens with zero attached hydrogens (tertiary/aromatic N) is 3. The molecule has 5 nitrogen and oxygen atoms in total. The smallest absolute Gasteiger partial charge is 0.127 e. The molecule has 4 aromatic rings. The molecule has 2 heterocycles. The minimum Gasteiger partial charge on any atom is -0.492 e. The lowest BCUT2D eigenvalue weighted by Crippen LogP contribution is -2.45. The third kappa shape index (κ3) is 7.61. The van der Waals surface area contributed by atoms with Crippen LogP contribution in [-0.4, -0.2) is 61.2 Å². The number of piperazine rings is 1. The van der Waals surface area contributed by atoms with Crippen LogP contribution in [0.2, 0.25) is 5.02 Å². The number of thiazole rings is 1. The molecule has 0 amide bonds. The van der Waals surface area contributed by atoms with Gasteiger partial charge in [-0.15, -0.1) is 11.3 Å². The topological polar surface area (TPSA) is 37.8 Å². The standard InChI is InChI=1S/C32H36ClN3O2S/c1-3-4-5-30-31(24-6-14-28(15-7-24)38-29-16-10-26(33)11-17-29)34-32(39-30)25-8-12-27(13-9-25)37-23-22-36-20-18-35(2)19-21-36/h6-17H,3-5,18-23H2,1-2H3. The van der Waals surface area contributed by atoms with Crippen LogP contribution in [0.4, 0.5) is 0 Å². The number of rotatable bonds is 11. The van der Waals surface area contributed by atoms with Crippen LogP contribution >= 0.6 is 22.9 Å². The van der Waals surface area contributed by atoms with Gasteiger partial charge in [-0.05, 0) is 92.7 Å². The molecule has 0 N–H and O–H groups in total. The van der Waals surface area contributed by atoms with E-state index in [9.17, 15) is 0 Å². The fourth-order valence-corrected chi connectivity index (χ4v) is 5.84. The summed E-state index contributed by atoms with van der Waals surface area (Å²) < 4.78 is 12.0. The first-order valence-corrected chi connectivity index (χ1v) is 14.9. The predicted octanol–water partition coefficient (Wildman–Crippen LogP) is 7.89. The Labute approximate surface area is 241 Å². The Balaban J connectivity index is 1.25. The minimum atomic E-state index is 0.694. The van der Waals surface area contributed by atoms with Gasteiger partial charge in [-0.25, -0.2) is 4.98 Å². The summed E-state index contributed by atoms with van der Waals surface area (Å²) in [6, 6.07) is 24.0. The number of halogens is 1. The first-order chi connectivity index (χ1) is 19.1. The van der Waals surface area contributed by atoms with E-state index in [0.717, 1.165) is 91.1 Å². The lowest BCUT2D eigenvalue weighted by molar-refractivity contribution is 0.134. The average Bonchev–Trinajstić information content (AvgIpc) is 3.39. The van der Waals surface area contributed by atoms with Gasteiger partial charge in [0.25, 0.3) is 0 Å². The van der Waals surface area contributed by atoms with E-state index in [1.165, 1.54) is 4.88 Å². The zero-order valence-corrected chi connectivity index (χ0v) is 24.3. The van der Waals surface area contributed by atoms with Crippen molar-refractivity contribution >= 4 is 22.9 Å². The Hall–Kier alpha value is -2.90. The fraction of sp³-hybridized carbons (Fsp3) is 0.344. The molecule has 1 aliphatic rings. The van der Waals surface area contributed by atoms with E-state index in [-0.39, 0.29) is 0 Å². The highest BCUT2D eigenvalue weighted by Crippen LogP contribution is 2.36. The summed E-state index contributed by atoms with van der Waals surface area (Å²) in [6.45, 7) is 8.40. The zero-order chi connectivity index (χ0) is 27.0. The quantitative estimate of drug-likeness (QED) is 0.186. The maximum Gasteiger partial charge on any atom is 0.127 e. The lowest BCUT2D eigenvalue weighted by Gasteiger charge is -2.32. The normalized spacial score (nSPS) is 14.4. The average molecular weight is 562 g/mol. The van der Waals surface area contributed by atoms with Gasteiger partial charge in [0.1, 0.15) is 28.9 Å². The van der Waals surface area contributed by atoms with Crippen molar-refractivity contribution in [2.75, 3.05) is 46.4 Å². The maximum atomic E-state index is 6.05. The molecule has 3 aromatic carbocycles. The van der Waals surface area contributed by atoms with Gasteiger partial charge in [-0.1, -0.05) is 24.9 Å². The molecule has 0 atom stereocenters. The molecule has 39 heavy (non-hydrogen) atoms. The summed E-state index contributed by atoms with van der Waals surface area (Å²) in [5, 5.41) is 1.74. The number of hydrogen-bond acceptors (Lipinski definition) is 6. The molecule has 1 aromatic heterocycles. The SMILES string of the molecule is CCCCc1sc(-c2ccc(OCCN3CCN(C)CC3)cc2)nc1-c1ccc(Oc2ccc(Cl)cc2)cc1. The van der Waals surface area contributed by atoms with Crippen molar-refractivity contribution in [3.63, 3.8) is 0 Å². The van der Waals surface area contributed by atoms with Crippen molar-refractivity contribution < 1.29 is 9.47 Å². The predicted molar refractivity (Wildman–Crippen MR) is 163 cm³/mol. The molecule has 5 rings (SSSR count). The van der Waals surface area contributed by atoms with Gasteiger partial charge >= 0.3 is 0 Å². The van der Waals surface area contributed by atoms with E-state index in [2.05, 4.69) is 60.2 Å². The summed E-state index contributed by atoms with van der Waals surface area (Å²) in [5.74, 6) is 2.46. The highest BCUT2D eigenvalue weighted by Gasteiger charge is 2.16. The summed E-state index contributed by atoms with van der Waals surface area (Å²) in [6.07, 6.45) is 3.33. The summed E-state index contributed by atoms with van der Waals surface area (Å²) >= 11 is 7.78. The molecule has 0 spiro atoms. The third-order valence-corrected chi connectivity index (χ3v) is 8.42. The van der Waals surface area contributed by atoms with Gasteiger partial charge in [0.15, 0.2) is 0 Å². The number of benzene rings is 3. The van der Waals surface area contributed by atoms with Gasteiger partial charge in [-0.2, -0.15) is 0 Å². The Bertz CT molecular complexity index is 1320. The Morgan fingerprint density at radius 3 is 2.10 bits per heavy atom. The summed E-state index contributed by atoms with van der Waals surface area (Å²) in [7, 11) is 2.18. The van der Waals surface area contributed by atoms with Crippen LogP contribution in [0, 0.1) is 0 Å². The Kier molecular flexibility index (Phi) is 9.53. The molecule has 0 saturated carbocycles. The number of aromatic nitrogens is 1. The third-order valence-electron chi connectivity index (χ3n) is 7.01. The highest BCUT2D eigenvalue weighted by molar-refractivity contribution is 7.15. The van der Waals surface area contributed by atoms with Crippen LogP contribution in [0.3, 0.4) is 0 Å². The molecule has 7 heteroatoms. The molecular weight excluding hydrogens is 526 g/mol. The Morgan fingerprint density at radius 1 is 0.821 bits per heavy atom. The molecule has 0 radical (unpaired) electrons. The van der Waals surface area contributed by atoms with Gasteiger partial charge in [0, 0.05) is 53.8 Å². The van der Waals surface area contributed by atoms with Crippen LogP contribution in [0.25, 0.3) is 21.8 Å². The van der Waals surface area contributed by atoms with E-state index in [4.69, 9.17) is 26.1 Å². The van der Waals surface area contributed by atoms with Gasteiger partial charge in [0.2, 0.25) is 0 Å². The minimum absolute atomic E-state index is 0.694. The van der Waals surface area contributed by atoms with Crippen LogP contribution in [0.5, 0.6) is 17.2 Å². The second-order valence-electron chi connectivity index (χ2n) is 9.99. The molecule has 1 saturated heterocycles. The molecule has 1 fully saturated rings. The number of unbranched alkanes of at least 4 members (excludes halogenated alkanes) is 1. The number of likely N-dealkylation sites (N-methyl/N-ethyl adjacent to an activating group) is 1. The van der Waals surface area contributed by atoms with Crippen molar-refractivity contribution in [2.24, 2.45) is 0 Å². The molecule has 0 bridgehead atoms. The second-order valence-corrected chi connectivity index (χ2v) is 11.5. The lowest BCUT2D eigenvalue weighted by atomic mass is 10.1. The molecule has 0 aliphatic carbocycles. The number of aryl methyl sites for hydroxylation is 1. The van der Waals surface area contributed by atoms with Crippen LogP contribution in [0.1, 0.15) is 24.6 Å². The second kappa shape index (κ2) is 13.4. The van der Waals surface area contributed by atoms with E-state index in [1.54, 1.807) is 11.3 Å². The van der Waals surface area contributed by atoms with Gasteiger partial charge < -0.3 is 14.4 Å². The van der Waals surface area contributed by atoms with Gasteiger partial charge in [-0.3, -0.25) is 4.90 Å². The zero-order valence-electron chi connectivity index (χ0n) is 22.7. The van der Waals surface area contributed by atoms with Crippen LogP contribution < -0.4 is 9.47 Å².